The fourth-order valence-corrected chi connectivity index (χ4v) is 2.67. The Hall–Kier alpha value is 1.02. The van der Waals surface area contributed by atoms with Gasteiger partial charge in [0, 0.05) is 19.5 Å². The van der Waals surface area contributed by atoms with Gasteiger partial charge in [-0.05, 0) is 75.4 Å². The van der Waals surface area contributed by atoms with E-state index < -0.39 is 0 Å². The van der Waals surface area contributed by atoms with Gasteiger partial charge in [-0.1, -0.05) is 0 Å². The second-order valence-corrected chi connectivity index (χ2v) is 6.73. The van der Waals surface area contributed by atoms with Crippen LogP contribution in [0.15, 0.2) is 0 Å². The molecule has 0 saturated heterocycles. The first kappa shape index (κ1) is 26.9. The van der Waals surface area contributed by atoms with Gasteiger partial charge in [-0.25, -0.2) is 0 Å². The van der Waals surface area contributed by atoms with E-state index >= 15 is 0 Å². The van der Waals surface area contributed by atoms with Crippen LogP contribution in [0.1, 0.15) is 12.8 Å². The van der Waals surface area contributed by atoms with Crippen molar-refractivity contribution in [3.8, 4) is 0 Å². The first-order valence-electron chi connectivity index (χ1n) is 6.22. The Morgan fingerprint density at radius 3 is 1.33 bits per heavy atom. The molecule has 0 aliphatic carbocycles. The summed E-state index contributed by atoms with van der Waals surface area (Å²) in [6.07, 6.45) is 5.86. The van der Waals surface area contributed by atoms with Gasteiger partial charge in [-0.15, -0.1) is 0 Å². The molecule has 0 unspecified atom stereocenters. The quantitative estimate of drug-likeness (QED) is 0.315. The Balaban J connectivity index is -0.000000295. The van der Waals surface area contributed by atoms with Gasteiger partial charge in [-0.2, -0.15) is 23.5 Å². The topological polar surface area (TPSA) is 64.5 Å². The maximum absolute atomic E-state index is 8.90. The van der Waals surface area contributed by atoms with Crippen LogP contribution in [-0.2, 0) is 19.5 Å². The van der Waals surface area contributed by atoms with Gasteiger partial charge in [0.15, 0.2) is 10.1 Å². The third-order valence-electron chi connectivity index (χ3n) is 2.51. The van der Waals surface area contributed by atoms with Crippen LogP contribution in [0, 0.1) is 0 Å². The van der Waals surface area contributed by atoms with Gasteiger partial charge in [0.2, 0.25) is 0 Å². The van der Waals surface area contributed by atoms with Crippen molar-refractivity contribution in [2.75, 3.05) is 38.1 Å². The van der Waals surface area contributed by atoms with Crippen LogP contribution >= 0.6 is 48.0 Å². The number of thiocarbonyl (C=S) groups is 2. The van der Waals surface area contributed by atoms with Gasteiger partial charge < -0.3 is 20.8 Å². The summed E-state index contributed by atoms with van der Waals surface area (Å²) in [6, 6.07) is -0.0232. The van der Waals surface area contributed by atoms with E-state index in [-0.39, 0.29) is 41.7 Å². The van der Waals surface area contributed by atoms with Gasteiger partial charge >= 0.3 is 0 Å². The molecule has 0 aromatic rings. The zero-order valence-corrected chi connectivity index (χ0v) is 19.5. The predicted molar refractivity (Wildman–Crippen MR) is 102 cm³/mol. The minimum absolute atomic E-state index is 0. The summed E-state index contributed by atoms with van der Waals surface area (Å²) < 4.78 is 0. The summed E-state index contributed by atoms with van der Waals surface area (Å²) in [5.74, 6) is 2.04. The molecule has 0 aromatic heterocycles. The minimum atomic E-state index is -0.0116. The van der Waals surface area contributed by atoms with Crippen LogP contribution < -0.4 is 10.6 Å². The van der Waals surface area contributed by atoms with Crippen LogP contribution in [0.4, 0.5) is 0 Å². The van der Waals surface area contributed by atoms with Crippen molar-refractivity contribution >= 4 is 58.1 Å². The number of hydrogen-bond donors (Lipinski definition) is 4. The largest absolute Gasteiger partial charge is 0.501 e. The summed E-state index contributed by atoms with van der Waals surface area (Å²) >= 11 is 12.7. The van der Waals surface area contributed by atoms with E-state index in [0.29, 0.717) is 0 Å². The summed E-state index contributed by atoms with van der Waals surface area (Å²) in [4.78, 5) is 0. The molecule has 0 saturated carbocycles. The summed E-state index contributed by atoms with van der Waals surface area (Å²) in [5.41, 5.74) is 0. The van der Waals surface area contributed by atoms with Crippen LogP contribution in [-0.4, -0.2) is 70.5 Å². The van der Waals surface area contributed by atoms with Gasteiger partial charge in [0.05, 0.1) is 12.1 Å². The summed E-state index contributed by atoms with van der Waals surface area (Å²) in [7, 11) is 3.60. The van der Waals surface area contributed by atoms with Gasteiger partial charge in [0.25, 0.3) is 0 Å². The average Bonchev–Trinajstić information content (AvgIpc) is 2.40. The number of aliphatic hydroxyl groups excluding tert-OH is 2. The standard InChI is InChI=1S/2C6H13NOS2.Zn/c2*1-7-5(6(8)9)3-4-10-2;/h2*5,7H,3-4H2,1-2H3,(H,8,9);/t2*5-;/m00./s1. The normalized spacial score (nSPS) is 12.4. The monoisotopic (exact) mass is 422 g/mol. The molecule has 0 amide bonds. The smallest absolute Gasteiger partial charge is 0.174 e. The minimum Gasteiger partial charge on any atom is -0.501 e. The molecule has 21 heavy (non-hydrogen) atoms. The molecule has 9 heteroatoms. The van der Waals surface area contributed by atoms with Crippen molar-refractivity contribution in [2.24, 2.45) is 0 Å². The van der Waals surface area contributed by atoms with Crippen LogP contribution in [0.3, 0.4) is 0 Å². The molecule has 0 fully saturated rings. The van der Waals surface area contributed by atoms with Crippen LogP contribution in [0.25, 0.3) is 0 Å². The van der Waals surface area contributed by atoms with E-state index in [4.69, 9.17) is 10.2 Å². The molecule has 0 spiro atoms. The van der Waals surface area contributed by atoms with Gasteiger partial charge in [0.1, 0.15) is 0 Å². The molecule has 4 N–H and O–H groups in total. The molecule has 2 atom stereocenters. The zero-order chi connectivity index (χ0) is 16.0. The second-order valence-electron chi connectivity index (χ2n) is 3.92. The number of aliphatic hydroxyl groups is 2. The van der Waals surface area contributed by atoms with Gasteiger partial charge in [-0.3, -0.25) is 0 Å². The van der Waals surface area contributed by atoms with E-state index in [1.54, 1.807) is 37.6 Å². The number of hydrogen-bond acceptors (Lipinski definition) is 6. The Morgan fingerprint density at radius 2 is 1.19 bits per heavy atom. The van der Waals surface area contributed by atoms with Crippen molar-refractivity contribution in [1.82, 2.24) is 10.6 Å². The van der Waals surface area contributed by atoms with E-state index in [9.17, 15) is 0 Å². The Morgan fingerprint density at radius 1 is 0.905 bits per heavy atom. The first-order valence-corrected chi connectivity index (χ1v) is 9.82. The Bertz CT molecular complexity index is 248. The van der Waals surface area contributed by atoms with E-state index in [2.05, 4.69) is 35.1 Å². The van der Waals surface area contributed by atoms with Crippen LogP contribution in [0.5, 0.6) is 0 Å². The number of rotatable bonds is 10. The fraction of sp³-hybridized carbons (Fsp3) is 0.833. The molecule has 0 aliphatic heterocycles. The molecule has 0 aliphatic rings. The SMILES string of the molecule is CN[C@@H](CCSC)C(O)=S.CN[C@@H](CCSC)C(O)=S.[Zn]. The Kier molecular flexibility index (Phi) is 24.4. The molecule has 0 rings (SSSR count). The average molecular weight is 424 g/mol. The van der Waals surface area contributed by atoms with E-state index in [0.717, 1.165) is 24.3 Å². The third-order valence-corrected chi connectivity index (χ3v) is 4.37. The van der Waals surface area contributed by atoms with Crippen molar-refractivity contribution < 1.29 is 29.7 Å². The van der Waals surface area contributed by atoms with Crippen molar-refractivity contribution in [2.45, 2.75) is 24.9 Å². The summed E-state index contributed by atoms with van der Waals surface area (Å²) in [5, 5.41) is 23.8. The molecule has 0 bridgehead atoms. The first-order chi connectivity index (χ1) is 9.44. The molecule has 122 valence electrons. The number of nitrogens with one attached hydrogen (secondary N) is 2. The van der Waals surface area contributed by atoms with Crippen molar-refractivity contribution in [3.05, 3.63) is 0 Å². The molecule has 0 aromatic carbocycles. The van der Waals surface area contributed by atoms with Crippen LogP contribution in [0.2, 0.25) is 0 Å². The fourth-order valence-electron chi connectivity index (χ4n) is 1.25. The van der Waals surface area contributed by atoms with Crippen molar-refractivity contribution in [1.29, 1.82) is 0 Å². The van der Waals surface area contributed by atoms with E-state index in [1.165, 1.54) is 0 Å². The molecular weight excluding hydrogens is 398 g/mol. The zero-order valence-electron chi connectivity index (χ0n) is 13.2. The van der Waals surface area contributed by atoms with E-state index in [1.807, 2.05) is 12.5 Å². The Labute approximate surface area is 160 Å². The molecule has 0 radical (unpaired) electrons. The predicted octanol–water partition coefficient (Wildman–Crippen LogP) is 2.42. The summed E-state index contributed by atoms with van der Waals surface area (Å²) in [6.45, 7) is 0. The van der Waals surface area contributed by atoms with Crippen molar-refractivity contribution in [3.63, 3.8) is 0 Å². The molecule has 4 nitrogen and oxygen atoms in total. The maximum Gasteiger partial charge on any atom is 0.174 e. The third kappa shape index (κ3) is 17.2. The second kappa shape index (κ2) is 19.1. The maximum atomic E-state index is 8.90. The molecule has 0 heterocycles. The number of likely N-dealkylation sites (N-methyl/N-ethyl adjacent to an activating group) is 2. The number of thioether (sulfide) groups is 2. The molecular formula is C12H26N2O2S4Zn.